The van der Waals surface area contributed by atoms with Gasteiger partial charge in [0.15, 0.2) is 0 Å². The van der Waals surface area contributed by atoms with Crippen molar-refractivity contribution < 1.29 is 9.47 Å². The molecule has 1 aliphatic heterocycles. The molecule has 1 aromatic carbocycles. The second-order valence-corrected chi connectivity index (χ2v) is 5.50. The number of rotatable bonds is 6. The summed E-state index contributed by atoms with van der Waals surface area (Å²) in [7, 11) is 2.14. The van der Waals surface area contributed by atoms with Crippen molar-refractivity contribution in [2.75, 3.05) is 38.6 Å². The van der Waals surface area contributed by atoms with Crippen molar-refractivity contribution in [3.63, 3.8) is 0 Å². The van der Waals surface area contributed by atoms with E-state index in [1.165, 1.54) is 0 Å². The van der Waals surface area contributed by atoms with Gasteiger partial charge < -0.3 is 19.7 Å². The number of nitrogens with one attached hydrogen (secondary N) is 1. The Kier molecular flexibility index (Phi) is 5.68. The van der Waals surface area contributed by atoms with E-state index in [1.54, 1.807) is 0 Å². The number of benzene rings is 1. The molecule has 112 valence electrons. The van der Waals surface area contributed by atoms with Crippen LogP contribution >= 0.6 is 0 Å². The average molecular weight is 278 g/mol. The van der Waals surface area contributed by atoms with Crippen LogP contribution in [0.2, 0.25) is 0 Å². The Hall–Kier alpha value is -1.26. The molecule has 1 fully saturated rings. The monoisotopic (exact) mass is 278 g/mol. The molecule has 2 atom stereocenters. The van der Waals surface area contributed by atoms with Gasteiger partial charge in [0, 0.05) is 31.4 Å². The Bertz CT molecular complexity index is 411. The van der Waals surface area contributed by atoms with E-state index < -0.39 is 0 Å². The predicted molar refractivity (Wildman–Crippen MR) is 82.5 cm³/mol. The molecule has 20 heavy (non-hydrogen) atoms. The molecule has 2 unspecified atom stereocenters. The van der Waals surface area contributed by atoms with Gasteiger partial charge in [-0.25, -0.2) is 0 Å². The molecular weight excluding hydrogens is 252 g/mol. The predicted octanol–water partition coefficient (Wildman–Crippen LogP) is 2.61. The summed E-state index contributed by atoms with van der Waals surface area (Å²) < 4.78 is 11.6. The molecule has 1 heterocycles. The lowest BCUT2D eigenvalue weighted by Crippen LogP contribution is -2.43. The number of morpholine rings is 1. The van der Waals surface area contributed by atoms with Crippen molar-refractivity contribution in [2.45, 2.75) is 32.5 Å². The maximum Gasteiger partial charge on any atom is 0.121 e. The average Bonchev–Trinajstić information content (AvgIpc) is 2.45. The fraction of sp³-hybridized carbons (Fsp3) is 0.625. The summed E-state index contributed by atoms with van der Waals surface area (Å²) in [4.78, 5) is 2.30. The molecule has 1 N–H and O–H groups in total. The van der Waals surface area contributed by atoms with Crippen molar-refractivity contribution >= 4 is 5.69 Å². The molecule has 0 bridgehead atoms. The molecule has 4 heteroatoms. The number of anilines is 1. The van der Waals surface area contributed by atoms with Crippen LogP contribution in [0.15, 0.2) is 24.3 Å². The highest BCUT2D eigenvalue weighted by molar-refractivity contribution is 5.48. The van der Waals surface area contributed by atoms with Gasteiger partial charge in [-0.15, -0.1) is 0 Å². The van der Waals surface area contributed by atoms with E-state index in [1.807, 2.05) is 12.1 Å². The standard InChI is InChI=1S/C16H26N2O2/c1-4-13(2)20-15-7-5-6-14(10-15)17-11-16-12-18(3)8-9-19-16/h5-7,10,13,16-17H,4,8-9,11-12H2,1-3H3. The molecule has 1 aromatic rings. The highest BCUT2D eigenvalue weighted by atomic mass is 16.5. The van der Waals surface area contributed by atoms with Crippen LogP contribution in [-0.2, 0) is 4.74 Å². The van der Waals surface area contributed by atoms with Crippen LogP contribution in [0.5, 0.6) is 5.75 Å². The van der Waals surface area contributed by atoms with Gasteiger partial charge in [0.05, 0.1) is 18.8 Å². The van der Waals surface area contributed by atoms with Gasteiger partial charge >= 0.3 is 0 Å². The number of hydrogen-bond acceptors (Lipinski definition) is 4. The molecule has 0 spiro atoms. The van der Waals surface area contributed by atoms with E-state index in [-0.39, 0.29) is 12.2 Å². The maximum atomic E-state index is 5.83. The molecule has 0 aliphatic carbocycles. The third kappa shape index (κ3) is 4.69. The molecule has 2 rings (SSSR count). The summed E-state index contributed by atoms with van der Waals surface area (Å²) in [6.45, 7) is 7.87. The van der Waals surface area contributed by atoms with E-state index in [9.17, 15) is 0 Å². The minimum Gasteiger partial charge on any atom is -0.491 e. The summed E-state index contributed by atoms with van der Waals surface area (Å²) in [6, 6.07) is 8.14. The topological polar surface area (TPSA) is 33.7 Å². The van der Waals surface area contributed by atoms with Crippen LogP contribution in [0.25, 0.3) is 0 Å². The van der Waals surface area contributed by atoms with Crippen molar-refractivity contribution in [1.82, 2.24) is 4.90 Å². The van der Waals surface area contributed by atoms with E-state index in [2.05, 4.69) is 43.2 Å². The fourth-order valence-corrected chi connectivity index (χ4v) is 2.22. The molecule has 1 saturated heterocycles. The lowest BCUT2D eigenvalue weighted by Gasteiger charge is -2.30. The van der Waals surface area contributed by atoms with Crippen LogP contribution in [0.1, 0.15) is 20.3 Å². The van der Waals surface area contributed by atoms with Crippen LogP contribution < -0.4 is 10.1 Å². The van der Waals surface area contributed by atoms with Gasteiger partial charge in [-0.1, -0.05) is 13.0 Å². The van der Waals surface area contributed by atoms with Crippen LogP contribution in [0.3, 0.4) is 0 Å². The van der Waals surface area contributed by atoms with Gasteiger partial charge in [0.1, 0.15) is 5.75 Å². The normalized spacial score (nSPS) is 21.4. The molecule has 0 saturated carbocycles. The zero-order valence-corrected chi connectivity index (χ0v) is 12.8. The van der Waals surface area contributed by atoms with Crippen molar-refractivity contribution in [2.24, 2.45) is 0 Å². The maximum absolute atomic E-state index is 5.83. The summed E-state index contributed by atoms with van der Waals surface area (Å²) in [5, 5.41) is 3.43. The highest BCUT2D eigenvalue weighted by Gasteiger charge is 2.17. The molecular formula is C16H26N2O2. The minimum atomic E-state index is 0.251. The first kappa shape index (κ1) is 15.1. The Morgan fingerprint density at radius 3 is 3.10 bits per heavy atom. The van der Waals surface area contributed by atoms with E-state index in [0.717, 1.165) is 44.1 Å². The number of nitrogens with zero attached hydrogens (tertiary/aromatic N) is 1. The molecule has 0 aromatic heterocycles. The first-order valence-corrected chi connectivity index (χ1v) is 7.48. The Labute approximate surface area is 122 Å². The lowest BCUT2D eigenvalue weighted by molar-refractivity contribution is -0.0117. The first-order valence-electron chi connectivity index (χ1n) is 7.48. The summed E-state index contributed by atoms with van der Waals surface area (Å²) >= 11 is 0. The van der Waals surface area contributed by atoms with Gasteiger partial charge in [-0.05, 0) is 32.5 Å². The molecule has 0 amide bonds. The Morgan fingerprint density at radius 1 is 1.50 bits per heavy atom. The minimum absolute atomic E-state index is 0.251. The SMILES string of the molecule is CCC(C)Oc1cccc(NCC2CN(C)CCO2)c1. The first-order chi connectivity index (χ1) is 9.67. The number of likely N-dealkylation sites (N-methyl/N-ethyl adjacent to an activating group) is 1. The van der Waals surface area contributed by atoms with Crippen LogP contribution in [0.4, 0.5) is 5.69 Å². The Balaban J connectivity index is 1.84. The van der Waals surface area contributed by atoms with E-state index >= 15 is 0 Å². The summed E-state index contributed by atoms with van der Waals surface area (Å²) in [5.74, 6) is 0.922. The van der Waals surface area contributed by atoms with Crippen LogP contribution in [0, 0.1) is 0 Å². The van der Waals surface area contributed by atoms with Gasteiger partial charge in [-0.2, -0.15) is 0 Å². The smallest absolute Gasteiger partial charge is 0.121 e. The van der Waals surface area contributed by atoms with Crippen molar-refractivity contribution in [1.29, 1.82) is 0 Å². The summed E-state index contributed by atoms with van der Waals surface area (Å²) in [6.07, 6.45) is 1.52. The zero-order valence-electron chi connectivity index (χ0n) is 12.8. The van der Waals surface area contributed by atoms with Gasteiger partial charge in [-0.3, -0.25) is 0 Å². The second kappa shape index (κ2) is 7.50. The Morgan fingerprint density at radius 2 is 2.35 bits per heavy atom. The highest BCUT2D eigenvalue weighted by Crippen LogP contribution is 2.19. The molecule has 4 nitrogen and oxygen atoms in total. The number of hydrogen-bond donors (Lipinski definition) is 1. The fourth-order valence-electron chi connectivity index (χ4n) is 2.22. The third-order valence-electron chi connectivity index (χ3n) is 3.62. The summed E-state index contributed by atoms with van der Waals surface area (Å²) in [5.41, 5.74) is 1.09. The second-order valence-electron chi connectivity index (χ2n) is 5.50. The van der Waals surface area contributed by atoms with Gasteiger partial charge in [0.25, 0.3) is 0 Å². The zero-order chi connectivity index (χ0) is 14.4. The number of ether oxygens (including phenoxy) is 2. The van der Waals surface area contributed by atoms with Crippen molar-refractivity contribution in [3.8, 4) is 5.75 Å². The molecule has 0 radical (unpaired) electrons. The van der Waals surface area contributed by atoms with Crippen LogP contribution in [-0.4, -0.2) is 50.4 Å². The quantitative estimate of drug-likeness (QED) is 0.867. The largest absolute Gasteiger partial charge is 0.491 e. The third-order valence-corrected chi connectivity index (χ3v) is 3.62. The van der Waals surface area contributed by atoms with E-state index in [0.29, 0.717) is 0 Å². The van der Waals surface area contributed by atoms with E-state index in [4.69, 9.17) is 9.47 Å². The molecule has 1 aliphatic rings. The van der Waals surface area contributed by atoms with Crippen molar-refractivity contribution in [3.05, 3.63) is 24.3 Å². The lowest BCUT2D eigenvalue weighted by atomic mass is 10.2. The van der Waals surface area contributed by atoms with Gasteiger partial charge in [0.2, 0.25) is 0 Å².